The van der Waals surface area contributed by atoms with Gasteiger partial charge in [-0.2, -0.15) is 0 Å². The number of carbonyl (C=O) groups excluding carboxylic acids is 3. The molecule has 1 spiro atoms. The van der Waals surface area contributed by atoms with Gasteiger partial charge in [-0.15, -0.1) is 0 Å². The van der Waals surface area contributed by atoms with Gasteiger partial charge in [0.2, 0.25) is 11.8 Å². The quantitative estimate of drug-likeness (QED) is 0.287. The van der Waals surface area contributed by atoms with E-state index in [1.165, 1.54) is 4.90 Å². The van der Waals surface area contributed by atoms with E-state index < -0.39 is 41.6 Å². The number of fused-ring (bicyclic) bond motifs is 1. The molecule has 7 atom stereocenters. The second-order valence-corrected chi connectivity index (χ2v) is 9.98. The minimum absolute atomic E-state index is 0.0712. The zero-order valence-corrected chi connectivity index (χ0v) is 19.7. The number of halogens is 1. The maximum absolute atomic E-state index is 13.7. The Morgan fingerprint density at radius 3 is 2.67 bits per heavy atom. The fourth-order valence-electron chi connectivity index (χ4n) is 5.34. The molecule has 3 fully saturated rings. The van der Waals surface area contributed by atoms with E-state index >= 15 is 0 Å². The number of alkyl halides is 1. The Bertz CT molecular complexity index is 688. The Balaban J connectivity index is 2.04. The summed E-state index contributed by atoms with van der Waals surface area (Å²) in [5, 5.41) is 13.0. The number of hydrogen-bond acceptors (Lipinski definition) is 6. The van der Waals surface area contributed by atoms with Gasteiger partial charge in [0.05, 0.1) is 37.2 Å². The molecule has 30 heavy (non-hydrogen) atoms. The van der Waals surface area contributed by atoms with Crippen LogP contribution in [0.4, 0.5) is 0 Å². The van der Waals surface area contributed by atoms with E-state index in [4.69, 9.17) is 9.47 Å². The number of unbranched alkanes of at least 4 members (excludes halogenated alkanes) is 1. The Morgan fingerprint density at radius 2 is 2.10 bits per heavy atom. The Labute approximate surface area is 186 Å². The van der Waals surface area contributed by atoms with Gasteiger partial charge in [0.1, 0.15) is 11.6 Å². The fraction of sp³-hybridized carbons (Fsp3) is 0.857. The molecule has 0 aromatic carbocycles. The molecule has 3 aliphatic heterocycles. The molecule has 2 N–H and O–H groups in total. The van der Waals surface area contributed by atoms with Crippen molar-refractivity contribution in [3.8, 4) is 0 Å². The van der Waals surface area contributed by atoms with Crippen molar-refractivity contribution in [1.29, 1.82) is 0 Å². The molecule has 8 nitrogen and oxygen atoms in total. The van der Waals surface area contributed by atoms with Gasteiger partial charge in [0.25, 0.3) is 0 Å². The number of aliphatic hydroxyl groups excluding tert-OH is 1. The van der Waals surface area contributed by atoms with Gasteiger partial charge in [0, 0.05) is 11.4 Å². The first kappa shape index (κ1) is 23.5. The van der Waals surface area contributed by atoms with E-state index in [0.29, 0.717) is 13.0 Å². The van der Waals surface area contributed by atoms with Crippen LogP contribution in [-0.2, 0) is 23.9 Å². The number of rotatable bonds is 9. The first-order valence-electron chi connectivity index (χ1n) is 10.9. The molecule has 0 aliphatic carbocycles. The molecule has 2 bridgehead atoms. The fourth-order valence-corrected chi connectivity index (χ4v) is 6.28. The molecule has 0 saturated carbocycles. The van der Waals surface area contributed by atoms with Crippen LogP contribution >= 0.6 is 15.9 Å². The van der Waals surface area contributed by atoms with E-state index in [1.54, 1.807) is 6.92 Å². The standard InChI is InChI=1S/C21H33BrN2O6/c1-5-7-8-23-18(26)17-21-9-12(22)16(30-21)14(20(28)29-6-2)15(21)19(27)24(17)13(10-25)11(3)4/h11-17,25H,5-10H2,1-4H3,(H,23,26)/t12?,13-,14-,15+,16-,17-,21+/m0/s1. The van der Waals surface area contributed by atoms with E-state index in [1.807, 2.05) is 20.8 Å². The number of nitrogens with zero attached hydrogens (tertiary/aromatic N) is 1. The van der Waals surface area contributed by atoms with Crippen LogP contribution in [0.5, 0.6) is 0 Å². The maximum atomic E-state index is 13.7. The zero-order valence-electron chi connectivity index (χ0n) is 18.1. The molecule has 1 unspecified atom stereocenters. The monoisotopic (exact) mass is 488 g/mol. The van der Waals surface area contributed by atoms with E-state index in [9.17, 15) is 19.5 Å². The second kappa shape index (κ2) is 9.12. The Kier molecular flexibility index (Phi) is 7.14. The van der Waals surface area contributed by atoms with Crippen LogP contribution in [0.1, 0.15) is 47.0 Å². The largest absolute Gasteiger partial charge is 0.466 e. The lowest BCUT2D eigenvalue weighted by Crippen LogP contribution is -2.59. The van der Waals surface area contributed by atoms with Crippen LogP contribution in [0.25, 0.3) is 0 Å². The van der Waals surface area contributed by atoms with Crippen molar-refractivity contribution in [1.82, 2.24) is 10.2 Å². The lowest BCUT2D eigenvalue weighted by atomic mass is 9.70. The molecule has 170 valence electrons. The lowest BCUT2D eigenvalue weighted by Gasteiger charge is -2.38. The first-order valence-corrected chi connectivity index (χ1v) is 11.9. The molecular formula is C21H33BrN2O6. The summed E-state index contributed by atoms with van der Waals surface area (Å²) in [5.74, 6) is -2.69. The van der Waals surface area contributed by atoms with Crippen molar-refractivity contribution in [2.24, 2.45) is 17.8 Å². The molecule has 9 heteroatoms. The summed E-state index contributed by atoms with van der Waals surface area (Å²) in [7, 11) is 0. The molecule has 3 aliphatic rings. The third-order valence-corrected chi connectivity index (χ3v) is 7.52. The number of ether oxygens (including phenoxy) is 2. The molecule has 2 amide bonds. The van der Waals surface area contributed by atoms with Gasteiger partial charge in [-0.1, -0.05) is 43.1 Å². The van der Waals surface area contributed by atoms with Crippen molar-refractivity contribution >= 4 is 33.7 Å². The van der Waals surface area contributed by atoms with Crippen molar-refractivity contribution in [3.63, 3.8) is 0 Å². The molecule has 3 rings (SSSR count). The van der Waals surface area contributed by atoms with E-state index in [2.05, 4.69) is 21.2 Å². The topological polar surface area (TPSA) is 105 Å². The van der Waals surface area contributed by atoms with Gasteiger partial charge in [-0.3, -0.25) is 14.4 Å². The first-order chi connectivity index (χ1) is 14.2. The molecule has 0 radical (unpaired) electrons. The highest BCUT2D eigenvalue weighted by molar-refractivity contribution is 9.09. The molecule has 0 aromatic heterocycles. The number of carbonyl (C=O) groups is 3. The highest BCUT2D eigenvalue weighted by Crippen LogP contribution is 2.60. The van der Waals surface area contributed by atoms with Crippen molar-refractivity contribution in [3.05, 3.63) is 0 Å². The van der Waals surface area contributed by atoms with Crippen molar-refractivity contribution in [2.75, 3.05) is 19.8 Å². The van der Waals surface area contributed by atoms with Crippen LogP contribution in [0.15, 0.2) is 0 Å². The summed E-state index contributed by atoms with van der Waals surface area (Å²) in [6.45, 7) is 8.01. The average molecular weight is 489 g/mol. The second-order valence-electron chi connectivity index (χ2n) is 8.80. The summed E-state index contributed by atoms with van der Waals surface area (Å²) in [5.41, 5.74) is -1.11. The SMILES string of the molecule is CCCCNC(=O)[C@@H]1N([C@@H](CO)C(C)C)C(=O)[C@H]2[C@H](C(=O)OCC)[C@H]3O[C@@]12CC3Br. The number of aliphatic hydroxyl groups is 1. The van der Waals surface area contributed by atoms with Crippen molar-refractivity contribution in [2.45, 2.75) is 75.6 Å². The summed E-state index contributed by atoms with van der Waals surface area (Å²) < 4.78 is 11.6. The molecule has 0 aromatic rings. The molecular weight excluding hydrogens is 456 g/mol. The number of esters is 1. The van der Waals surface area contributed by atoms with Crippen LogP contribution in [0.3, 0.4) is 0 Å². The van der Waals surface area contributed by atoms with Gasteiger partial charge in [-0.05, 0) is 25.7 Å². The van der Waals surface area contributed by atoms with E-state index in [0.717, 1.165) is 12.8 Å². The summed E-state index contributed by atoms with van der Waals surface area (Å²) >= 11 is 3.61. The Morgan fingerprint density at radius 1 is 1.40 bits per heavy atom. The average Bonchev–Trinajstić information content (AvgIpc) is 3.27. The van der Waals surface area contributed by atoms with Crippen LogP contribution in [-0.4, -0.2) is 76.2 Å². The third-order valence-electron chi connectivity index (χ3n) is 6.68. The lowest BCUT2D eigenvalue weighted by molar-refractivity contribution is -0.155. The van der Waals surface area contributed by atoms with Gasteiger partial charge >= 0.3 is 5.97 Å². The zero-order chi connectivity index (χ0) is 22.2. The van der Waals surface area contributed by atoms with Crippen LogP contribution in [0.2, 0.25) is 0 Å². The predicted octanol–water partition coefficient (Wildman–Crippen LogP) is 1.23. The minimum Gasteiger partial charge on any atom is -0.466 e. The van der Waals surface area contributed by atoms with Crippen molar-refractivity contribution < 1.29 is 29.0 Å². The summed E-state index contributed by atoms with van der Waals surface area (Å²) in [4.78, 5) is 41.2. The maximum Gasteiger partial charge on any atom is 0.312 e. The predicted molar refractivity (Wildman–Crippen MR) is 113 cm³/mol. The number of hydrogen-bond donors (Lipinski definition) is 2. The minimum atomic E-state index is -1.11. The van der Waals surface area contributed by atoms with Crippen LogP contribution < -0.4 is 5.32 Å². The number of amides is 2. The van der Waals surface area contributed by atoms with Crippen LogP contribution in [0, 0.1) is 17.8 Å². The van der Waals surface area contributed by atoms with E-state index in [-0.39, 0.29) is 35.8 Å². The third kappa shape index (κ3) is 3.56. The molecule has 3 heterocycles. The van der Waals surface area contributed by atoms with Gasteiger partial charge in [-0.25, -0.2) is 0 Å². The highest BCUT2D eigenvalue weighted by atomic mass is 79.9. The molecule has 3 saturated heterocycles. The van der Waals surface area contributed by atoms with Gasteiger partial charge < -0.3 is 24.8 Å². The summed E-state index contributed by atoms with van der Waals surface area (Å²) in [6, 6.07) is -1.44. The number of nitrogens with one attached hydrogen (secondary N) is 1. The Hall–Kier alpha value is -1.19. The summed E-state index contributed by atoms with van der Waals surface area (Å²) in [6.07, 6.45) is 1.69. The van der Waals surface area contributed by atoms with Gasteiger partial charge in [0.15, 0.2) is 0 Å². The number of likely N-dealkylation sites (tertiary alicyclic amines) is 1. The normalized spacial score (nSPS) is 35.6. The highest BCUT2D eigenvalue weighted by Gasteiger charge is 2.77. The smallest absolute Gasteiger partial charge is 0.312 e.